The molecule has 0 saturated heterocycles. The molecule has 124 valence electrons. The van der Waals surface area contributed by atoms with Crippen molar-refractivity contribution < 1.29 is 9.21 Å². The van der Waals surface area contributed by atoms with Crippen molar-refractivity contribution in [3.8, 4) is 0 Å². The molecule has 0 bridgehead atoms. The van der Waals surface area contributed by atoms with Crippen molar-refractivity contribution >= 4 is 16.7 Å². The minimum atomic E-state index is -0.0516. The summed E-state index contributed by atoms with van der Waals surface area (Å²) in [7, 11) is 0. The Bertz CT molecular complexity index is 806. The molecule has 0 aliphatic heterocycles. The van der Waals surface area contributed by atoms with E-state index in [1.807, 2.05) is 44.2 Å². The molecule has 0 fully saturated rings. The van der Waals surface area contributed by atoms with Crippen LogP contribution in [0, 0.1) is 0 Å². The number of benzene rings is 2. The van der Waals surface area contributed by atoms with Gasteiger partial charge in [0.15, 0.2) is 0 Å². The van der Waals surface area contributed by atoms with Crippen molar-refractivity contribution in [3.63, 3.8) is 0 Å². The van der Waals surface area contributed by atoms with Gasteiger partial charge in [-0.1, -0.05) is 42.5 Å². The summed E-state index contributed by atoms with van der Waals surface area (Å²) in [6.07, 6.45) is 1.64. The Morgan fingerprint density at radius 2 is 1.79 bits per heavy atom. The molecule has 1 amide bonds. The van der Waals surface area contributed by atoms with Gasteiger partial charge in [0, 0.05) is 0 Å². The zero-order valence-corrected chi connectivity index (χ0v) is 14.0. The molecule has 0 aliphatic carbocycles. The fourth-order valence-electron chi connectivity index (χ4n) is 2.88. The third kappa shape index (κ3) is 3.66. The van der Waals surface area contributed by atoms with Gasteiger partial charge < -0.3 is 9.73 Å². The standard InChI is InChI=1S/C20H22N2O2/c1-14(17-10-5-8-16-7-3-4-9-18(16)17)22-20(23)13-21-15(2)19-11-6-12-24-19/h3-12,14-15,21H,13H2,1-2H3,(H,22,23)/t14-,15-/m0/s1. The molecule has 0 aliphatic rings. The van der Waals surface area contributed by atoms with Gasteiger partial charge in [-0.25, -0.2) is 0 Å². The van der Waals surface area contributed by atoms with E-state index in [0.717, 1.165) is 11.3 Å². The summed E-state index contributed by atoms with van der Waals surface area (Å²) >= 11 is 0. The van der Waals surface area contributed by atoms with Gasteiger partial charge in [-0.2, -0.15) is 0 Å². The molecule has 0 radical (unpaired) electrons. The second-order valence-corrected chi connectivity index (χ2v) is 5.98. The van der Waals surface area contributed by atoms with Gasteiger partial charge in [-0.05, 0) is 42.3 Å². The zero-order chi connectivity index (χ0) is 16.9. The molecule has 1 heterocycles. The lowest BCUT2D eigenvalue weighted by atomic mass is 10.00. The number of carbonyl (C=O) groups excluding carboxylic acids is 1. The summed E-state index contributed by atoms with van der Waals surface area (Å²) < 4.78 is 5.33. The highest BCUT2D eigenvalue weighted by atomic mass is 16.3. The number of fused-ring (bicyclic) bond motifs is 1. The fourth-order valence-corrected chi connectivity index (χ4v) is 2.88. The smallest absolute Gasteiger partial charge is 0.234 e. The van der Waals surface area contributed by atoms with Gasteiger partial charge in [0.25, 0.3) is 0 Å². The van der Waals surface area contributed by atoms with E-state index in [9.17, 15) is 4.79 Å². The Morgan fingerprint density at radius 3 is 2.58 bits per heavy atom. The largest absolute Gasteiger partial charge is 0.468 e. The molecule has 4 nitrogen and oxygen atoms in total. The van der Waals surface area contributed by atoms with E-state index in [1.54, 1.807) is 6.26 Å². The Hall–Kier alpha value is -2.59. The second kappa shape index (κ2) is 7.32. The Labute approximate surface area is 141 Å². The maximum Gasteiger partial charge on any atom is 0.234 e. The molecule has 3 aromatic rings. The third-order valence-electron chi connectivity index (χ3n) is 4.21. The van der Waals surface area contributed by atoms with Crippen LogP contribution in [0.5, 0.6) is 0 Å². The van der Waals surface area contributed by atoms with E-state index < -0.39 is 0 Å². The molecule has 24 heavy (non-hydrogen) atoms. The van der Waals surface area contributed by atoms with Crippen LogP contribution >= 0.6 is 0 Å². The fraction of sp³-hybridized carbons (Fsp3) is 0.250. The monoisotopic (exact) mass is 322 g/mol. The molecule has 4 heteroatoms. The van der Waals surface area contributed by atoms with Crippen LogP contribution in [0.2, 0.25) is 0 Å². The Balaban J connectivity index is 1.61. The summed E-state index contributed by atoms with van der Waals surface area (Å²) in [5.41, 5.74) is 1.13. The normalized spacial score (nSPS) is 13.6. The first-order chi connectivity index (χ1) is 11.6. The summed E-state index contributed by atoms with van der Waals surface area (Å²) in [5, 5.41) is 8.58. The first kappa shape index (κ1) is 16.3. The molecule has 2 atom stereocenters. The molecular formula is C20H22N2O2. The third-order valence-corrected chi connectivity index (χ3v) is 4.21. The number of amides is 1. The molecule has 2 N–H and O–H groups in total. The summed E-state index contributed by atoms with van der Waals surface area (Å²) in [5.74, 6) is 0.791. The van der Waals surface area contributed by atoms with Crippen molar-refractivity contribution in [2.24, 2.45) is 0 Å². The number of carbonyl (C=O) groups is 1. The number of hydrogen-bond acceptors (Lipinski definition) is 3. The van der Waals surface area contributed by atoms with Crippen LogP contribution in [0.15, 0.2) is 65.3 Å². The van der Waals surface area contributed by atoms with Crippen molar-refractivity contribution in [3.05, 3.63) is 72.2 Å². The van der Waals surface area contributed by atoms with Crippen LogP contribution in [0.25, 0.3) is 10.8 Å². The average molecular weight is 322 g/mol. The molecule has 3 rings (SSSR count). The summed E-state index contributed by atoms with van der Waals surface area (Å²) in [6.45, 7) is 4.23. The van der Waals surface area contributed by atoms with Gasteiger partial charge in [-0.3, -0.25) is 10.1 Å². The average Bonchev–Trinajstić information content (AvgIpc) is 3.14. The quantitative estimate of drug-likeness (QED) is 0.722. The van der Waals surface area contributed by atoms with Crippen molar-refractivity contribution in [2.45, 2.75) is 25.9 Å². The highest BCUT2D eigenvalue weighted by molar-refractivity contribution is 5.87. The van der Waals surface area contributed by atoms with E-state index in [0.29, 0.717) is 0 Å². The Kier molecular flexibility index (Phi) is 4.96. The molecule has 0 saturated carbocycles. The van der Waals surface area contributed by atoms with Gasteiger partial charge in [0.2, 0.25) is 5.91 Å². The predicted molar refractivity (Wildman–Crippen MR) is 95.6 cm³/mol. The summed E-state index contributed by atoms with van der Waals surface area (Å²) in [6, 6.07) is 18.1. The number of rotatable bonds is 6. The van der Waals surface area contributed by atoms with E-state index >= 15 is 0 Å². The number of furan rings is 1. The van der Waals surface area contributed by atoms with E-state index in [-0.39, 0.29) is 24.5 Å². The number of hydrogen-bond donors (Lipinski definition) is 2. The predicted octanol–water partition coefficient (Wildman–Crippen LogP) is 3.96. The molecule has 0 unspecified atom stereocenters. The van der Waals surface area contributed by atoms with Crippen LogP contribution in [0.1, 0.15) is 37.3 Å². The van der Waals surface area contributed by atoms with Crippen LogP contribution < -0.4 is 10.6 Å². The maximum absolute atomic E-state index is 12.2. The first-order valence-corrected chi connectivity index (χ1v) is 8.19. The SMILES string of the molecule is C[C@H](NCC(=O)N[C@@H](C)c1cccc2ccccc12)c1ccco1. The summed E-state index contributed by atoms with van der Waals surface area (Å²) in [4.78, 5) is 12.2. The van der Waals surface area contributed by atoms with Crippen molar-refractivity contribution in [2.75, 3.05) is 6.54 Å². The maximum atomic E-state index is 12.2. The second-order valence-electron chi connectivity index (χ2n) is 5.98. The minimum Gasteiger partial charge on any atom is -0.468 e. The minimum absolute atomic E-state index is 0.00129. The van der Waals surface area contributed by atoms with Gasteiger partial charge in [0.05, 0.1) is 24.9 Å². The molecule has 1 aromatic heterocycles. The van der Waals surface area contributed by atoms with Gasteiger partial charge in [-0.15, -0.1) is 0 Å². The Morgan fingerprint density at radius 1 is 1.00 bits per heavy atom. The van der Waals surface area contributed by atoms with E-state index in [1.165, 1.54) is 10.8 Å². The van der Waals surface area contributed by atoms with Crippen molar-refractivity contribution in [1.82, 2.24) is 10.6 Å². The topological polar surface area (TPSA) is 54.3 Å². The molecule has 0 spiro atoms. The van der Waals surface area contributed by atoms with Crippen LogP contribution in [0.3, 0.4) is 0 Å². The highest BCUT2D eigenvalue weighted by Gasteiger charge is 2.14. The lowest BCUT2D eigenvalue weighted by Gasteiger charge is -2.18. The first-order valence-electron chi connectivity index (χ1n) is 8.19. The van der Waals surface area contributed by atoms with E-state index in [2.05, 4.69) is 34.9 Å². The van der Waals surface area contributed by atoms with Crippen LogP contribution in [-0.2, 0) is 4.79 Å². The van der Waals surface area contributed by atoms with Crippen molar-refractivity contribution in [1.29, 1.82) is 0 Å². The van der Waals surface area contributed by atoms with Gasteiger partial charge >= 0.3 is 0 Å². The van der Waals surface area contributed by atoms with Crippen LogP contribution in [-0.4, -0.2) is 12.5 Å². The lowest BCUT2D eigenvalue weighted by molar-refractivity contribution is -0.121. The number of nitrogens with one attached hydrogen (secondary N) is 2. The van der Waals surface area contributed by atoms with Crippen LogP contribution in [0.4, 0.5) is 0 Å². The van der Waals surface area contributed by atoms with E-state index in [4.69, 9.17) is 4.42 Å². The lowest BCUT2D eigenvalue weighted by Crippen LogP contribution is -2.36. The highest BCUT2D eigenvalue weighted by Crippen LogP contribution is 2.23. The molecular weight excluding hydrogens is 300 g/mol. The zero-order valence-electron chi connectivity index (χ0n) is 14.0. The van der Waals surface area contributed by atoms with Gasteiger partial charge in [0.1, 0.15) is 5.76 Å². The molecule has 2 aromatic carbocycles.